The van der Waals surface area contributed by atoms with E-state index in [1.54, 1.807) is 12.1 Å². The number of hydrogen-bond acceptors (Lipinski definition) is 1. The van der Waals surface area contributed by atoms with Crippen LogP contribution < -0.4 is 0 Å². The van der Waals surface area contributed by atoms with Gasteiger partial charge in [-0.15, -0.1) is 0 Å². The molecule has 1 fully saturated rings. The van der Waals surface area contributed by atoms with Gasteiger partial charge in [0.05, 0.1) is 4.47 Å². The normalized spacial score (nSPS) is 20.7. The fraction of sp³-hybridized carbons (Fsp3) is 0.235. The summed E-state index contributed by atoms with van der Waals surface area (Å²) in [7, 11) is 0. The molecule has 102 valence electrons. The van der Waals surface area contributed by atoms with Crippen molar-refractivity contribution in [2.24, 2.45) is 5.92 Å². The quantitative estimate of drug-likeness (QED) is 0.805. The molecule has 0 saturated heterocycles. The van der Waals surface area contributed by atoms with E-state index in [0.29, 0.717) is 16.8 Å². The highest BCUT2D eigenvalue weighted by Gasteiger charge is 2.43. The Morgan fingerprint density at radius 2 is 1.95 bits per heavy atom. The lowest BCUT2D eigenvalue weighted by molar-refractivity contribution is -0.119. The Morgan fingerprint density at radius 1 is 1.20 bits per heavy atom. The topological polar surface area (TPSA) is 17.1 Å². The smallest absolute Gasteiger partial charge is 0.140 e. The fourth-order valence-corrected chi connectivity index (χ4v) is 3.03. The van der Waals surface area contributed by atoms with Crippen LogP contribution in [0.5, 0.6) is 0 Å². The molecule has 3 rings (SSSR count). The minimum Gasteiger partial charge on any atom is -0.299 e. The molecule has 0 aliphatic heterocycles. The maximum Gasteiger partial charge on any atom is 0.140 e. The zero-order valence-electron chi connectivity index (χ0n) is 10.9. The van der Waals surface area contributed by atoms with Crippen molar-refractivity contribution in [1.29, 1.82) is 0 Å². The van der Waals surface area contributed by atoms with Crippen LogP contribution in [0.3, 0.4) is 0 Å². The molecule has 2 unspecified atom stereocenters. The van der Waals surface area contributed by atoms with E-state index in [-0.39, 0.29) is 17.5 Å². The SMILES string of the molecule is O=C(Cc1ccc(F)c(Br)c1)C1CC1c1ccccc1. The van der Waals surface area contributed by atoms with Crippen LogP contribution in [0.1, 0.15) is 23.5 Å². The predicted octanol–water partition coefficient (Wildman–Crippen LogP) is 4.50. The van der Waals surface area contributed by atoms with E-state index in [4.69, 9.17) is 0 Å². The number of carbonyl (C=O) groups is 1. The van der Waals surface area contributed by atoms with Gasteiger partial charge in [-0.2, -0.15) is 0 Å². The minimum absolute atomic E-state index is 0.126. The van der Waals surface area contributed by atoms with Crippen molar-refractivity contribution in [3.8, 4) is 0 Å². The Bertz CT molecular complexity index is 639. The van der Waals surface area contributed by atoms with Crippen LogP contribution in [-0.2, 0) is 11.2 Å². The third-order valence-electron chi connectivity index (χ3n) is 3.79. The predicted molar refractivity (Wildman–Crippen MR) is 80.1 cm³/mol. The molecule has 0 radical (unpaired) electrons. The van der Waals surface area contributed by atoms with E-state index < -0.39 is 0 Å². The summed E-state index contributed by atoms with van der Waals surface area (Å²) in [4.78, 5) is 12.2. The highest BCUT2D eigenvalue weighted by molar-refractivity contribution is 9.10. The molecule has 2 aromatic carbocycles. The van der Waals surface area contributed by atoms with Gasteiger partial charge in [0, 0.05) is 12.3 Å². The van der Waals surface area contributed by atoms with Crippen molar-refractivity contribution in [2.45, 2.75) is 18.8 Å². The Kier molecular flexibility index (Phi) is 3.70. The van der Waals surface area contributed by atoms with Gasteiger partial charge in [0.25, 0.3) is 0 Å². The monoisotopic (exact) mass is 332 g/mol. The van der Waals surface area contributed by atoms with Crippen LogP contribution in [0.25, 0.3) is 0 Å². The largest absolute Gasteiger partial charge is 0.299 e. The molecule has 1 aliphatic rings. The molecule has 0 bridgehead atoms. The third kappa shape index (κ3) is 2.83. The molecular formula is C17H14BrFO. The van der Waals surface area contributed by atoms with Crippen LogP contribution >= 0.6 is 15.9 Å². The summed E-state index contributed by atoms with van der Waals surface area (Å²) in [5.41, 5.74) is 2.10. The first-order chi connectivity index (χ1) is 9.65. The molecule has 0 aromatic heterocycles. The summed E-state index contributed by atoms with van der Waals surface area (Å²) in [6.45, 7) is 0. The van der Waals surface area contributed by atoms with Crippen LogP contribution in [-0.4, -0.2) is 5.78 Å². The van der Waals surface area contributed by atoms with Crippen molar-refractivity contribution in [1.82, 2.24) is 0 Å². The second kappa shape index (κ2) is 5.49. The van der Waals surface area contributed by atoms with Gasteiger partial charge in [-0.1, -0.05) is 36.4 Å². The highest BCUT2D eigenvalue weighted by atomic mass is 79.9. The zero-order chi connectivity index (χ0) is 14.1. The molecule has 3 heteroatoms. The standard InChI is InChI=1S/C17H14BrFO/c18-15-8-11(6-7-16(15)19)9-17(20)14-10-13(14)12-4-2-1-3-5-12/h1-8,13-14H,9-10H2. The Labute approximate surface area is 126 Å². The van der Waals surface area contributed by atoms with Crippen LogP contribution in [0.15, 0.2) is 53.0 Å². The van der Waals surface area contributed by atoms with Gasteiger partial charge in [-0.3, -0.25) is 4.79 Å². The Balaban J connectivity index is 1.65. The van der Waals surface area contributed by atoms with E-state index in [1.165, 1.54) is 11.6 Å². The lowest BCUT2D eigenvalue weighted by Gasteiger charge is -2.03. The van der Waals surface area contributed by atoms with Crippen LogP contribution in [0, 0.1) is 11.7 Å². The number of Topliss-reactive ketones (excluding diaryl/α,β-unsaturated/α-hetero) is 1. The van der Waals surface area contributed by atoms with E-state index in [0.717, 1.165) is 12.0 Å². The molecule has 1 aliphatic carbocycles. The number of halogens is 2. The number of ketones is 1. The first kappa shape index (κ1) is 13.5. The molecule has 1 nitrogen and oxygen atoms in total. The number of benzene rings is 2. The molecule has 0 spiro atoms. The second-order valence-electron chi connectivity index (χ2n) is 5.25. The highest BCUT2D eigenvalue weighted by Crippen LogP contribution is 2.48. The lowest BCUT2D eigenvalue weighted by atomic mass is 10.0. The zero-order valence-corrected chi connectivity index (χ0v) is 12.4. The van der Waals surface area contributed by atoms with Crippen molar-refractivity contribution < 1.29 is 9.18 Å². The van der Waals surface area contributed by atoms with Crippen molar-refractivity contribution >= 4 is 21.7 Å². The van der Waals surface area contributed by atoms with Gasteiger partial charge >= 0.3 is 0 Å². The average Bonchev–Trinajstić information content (AvgIpc) is 3.24. The van der Waals surface area contributed by atoms with Gasteiger partial charge in [-0.05, 0) is 51.5 Å². The molecule has 0 N–H and O–H groups in total. The molecule has 2 atom stereocenters. The summed E-state index contributed by atoms with van der Waals surface area (Å²) < 4.78 is 13.6. The maximum absolute atomic E-state index is 13.2. The number of hydrogen-bond donors (Lipinski definition) is 0. The molecule has 0 heterocycles. The van der Waals surface area contributed by atoms with Crippen LogP contribution in [0.2, 0.25) is 0 Å². The average molecular weight is 333 g/mol. The third-order valence-corrected chi connectivity index (χ3v) is 4.40. The fourth-order valence-electron chi connectivity index (χ4n) is 2.60. The maximum atomic E-state index is 13.2. The van der Waals surface area contributed by atoms with Crippen molar-refractivity contribution in [2.75, 3.05) is 0 Å². The van der Waals surface area contributed by atoms with Crippen molar-refractivity contribution in [3.05, 3.63) is 69.9 Å². The minimum atomic E-state index is -0.296. The molecular weight excluding hydrogens is 319 g/mol. The van der Waals surface area contributed by atoms with Gasteiger partial charge in [0.1, 0.15) is 11.6 Å². The molecule has 2 aromatic rings. The second-order valence-corrected chi connectivity index (χ2v) is 6.11. The summed E-state index contributed by atoms with van der Waals surface area (Å²) in [6.07, 6.45) is 1.32. The van der Waals surface area contributed by atoms with Gasteiger partial charge in [0.15, 0.2) is 0 Å². The summed E-state index contributed by atoms with van der Waals surface area (Å²) in [5, 5.41) is 0. The van der Waals surface area contributed by atoms with Gasteiger partial charge in [0.2, 0.25) is 0 Å². The first-order valence-corrected chi connectivity index (χ1v) is 7.46. The van der Waals surface area contributed by atoms with Crippen LogP contribution in [0.4, 0.5) is 4.39 Å². The molecule has 1 saturated carbocycles. The first-order valence-electron chi connectivity index (χ1n) is 6.67. The van der Waals surface area contributed by atoms with E-state index in [2.05, 4.69) is 28.1 Å². The van der Waals surface area contributed by atoms with Crippen molar-refractivity contribution in [3.63, 3.8) is 0 Å². The van der Waals surface area contributed by atoms with E-state index in [9.17, 15) is 9.18 Å². The van der Waals surface area contributed by atoms with Gasteiger partial charge < -0.3 is 0 Å². The Morgan fingerprint density at radius 3 is 2.65 bits per heavy atom. The summed E-state index contributed by atoms with van der Waals surface area (Å²) in [6, 6.07) is 14.9. The Hall–Kier alpha value is -1.48. The summed E-state index contributed by atoms with van der Waals surface area (Å²) >= 11 is 3.15. The van der Waals surface area contributed by atoms with Gasteiger partial charge in [-0.25, -0.2) is 4.39 Å². The van der Waals surface area contributed by atoms with E-state index >= 15 is 0 Å². The molecule has 0 amide bonds. The lowest BCUT2D eigenvalue weighted by Crippen LogP contribution is -2.06. The molecule has 20 heavy (non-hydrogen) atoms. The number of carbonyl (C=O) groups excluding carboxylic acids is 1. The van der Waals surface area contributed by atoms with E-state index in [1.807, 2.05) is 18.2 Å². The number of rotatable bonds is 4. The summed E-state index contributed by atoms with van der Waals surface area (Å²) in [5.74, 6) is 0.445.